The molecule has 0 aliphatic carbocycles. The van der Waals surface area contributed by atoms with Crippen LogP contribution >= 0.6 is 11.6 Å². The van der Waals surface area contributed by atoms with E-state index in [2.05, 4.69) is 32.4 Å². The van der Waals surface area contributed by atoms with Gasteiger partial charge in [0.2, 0.25) is 0 Å². The van der Waals surface area contributed by atoms with Gasteiger partial charge >= 0.3 is 0 Å². The molecule has 6 nitrogen and oxygen atoms in total. The van der Waals surface area contributed by atoms with Crippen molar-refractivity contribution in [3.05, 3.63) is 81.5 Å². The number of halogens is 3. The Morgan fingerprint density at radius 2 is 1.97 bits per heavy atom. The van der Waals surface area contributed by atoms with E-state index < -0.39 is 32.9 Å². The summed E-state index contributed by atoms with van der Waals surface area (Å²) in [4.78, 5) is 4.06. The summed E-state index contributed by atoms with van der Waals surface area (Å²) >= 11 is 5.89. The first-order valence-corrected chi connectivity index (χ1v) is 10.9. The number of hydrogen-bond acceptors (Lipinski definition) is 5. The fourth-order valence-corrected chi connectivity index (χ4v) is 4.56. The van der Waals surface area contributed by atoms with Crippen LogP contribution in [0.25, 0.3) is 0 Å². The van der Waals surface area contributed by atoms with Gasteiger partial charge in [-0.05, 0) is 42.8 Å². The number of hydrogen-bond donors (Lipinski definition) is 3. The Balaban J connectivity index is 1.68. The van der Waals surface area contributed by atoms with Crippen molar-refractivity contribution in [3.8, 4) is 11.8 Å². The number of benzene rings is 2. The number of anilines is 2. The van der Waals surface area contributed by atoms with E-state index in [-0.39, 0.29) is 9.92 Å². The van der Waals surface area contributed by atoms with Crippen molar-refractivity contribution in [2.75, 3.05) is 10.1 Å². The van der Waals surface area contributed by atoms with Crippen molar-refractivity contribution in [3.63, 3.8) is 0 Å². The molecule has 0 atom stereocenters. The second-order valence-electron chi connectivity index (χ2n) is 6.76. The normalized spacial score (nSPS) is 12.5. The highest BCUT2D eigenvalue weighted by Gasteiger charge is 2.21. The molecule has 0 radical (unpaired) electrons. The summed E-state index contributed by atoms with van der Waals surface area (Å²) in [6.07, 6.45) is 1.47. The highest BCUT2D eigenvalue weighted by molar-refractivity contribution is 7.92. The maximum absolute atomic E-state index is 15.0. The van der Waals surface area contributed by atoms with Gasteiger partial charge in [-0.15, -0.1) is 0 Å². The van der Waals surface area contributed by atoms with Gasteiger partial charge < -0.3 is 5.43 Å². The molecule has 1 aliphatic heterocycles. The zero-order valence-corrected chi connectivity index (χ0v) is 17.6. The lowest BCUT2D eigenvalue weighted by Gasteiger charge is -2.12. The van der Waals surface area contributed by atoms with Crippen molar-refractivity contribution in [1.82, 2.24) is 10.4 Å². The molecule has 0 saturated carbocycles. The Labute approximate surface area is 182 Å². The molecule has 10 heteroatoms. The smallest absolute Gasteiger partial charge is 0.262 e. The summed E-state index contributed by atoms with van der Waals surface area (Å²) < 4.78 is 56.8. The first-order chi connectivity index (χ1) is 14.7. The van der Waals surface area contributed by atoms with Crippen molar-refractivity contribution >= 4 is 33.1 Å². The minimum absolute atomic E-state index is 0.109. The Morgan fingerprint density at radius 1 is 1.16 bits per heavy atom. The van der Waals surface area contributed by atoms with Crippen molar-refractivity contribution in [2.45, 2.75) is 18.4 Å². The molecular weight excluding hydrogens is 446 g/mol. The maximum Gasteiger partial charge on any atom is 0.262 e. The summed E-state index contributed by atoms with van der Waals surface area (Å²) in [6, 6.07) is 8.03. The Kier molecular flexibility index (Phi) is 5.54. The number of nitrogens with zero attached hydrogens (tertiary/aromatic N) is 1. The predicted octanol–water partition coefficient (Wildman–Crippen LogP) is 3.95. The third-order valence-electron chi connectivity index (χ3n) is 4.56. The Bertz CT molecular complexity index is 1370. The lowest BCUT2D eigenvalue weighted by molar-refractivity contribution is 0.577. The van der Waals surface area contributed by atoms with Gasteiger partial charge in [-0.3, -0.25) is 4.72 Å². The molecule has 3 N–H and O–H groups in total. The molecular formula is C21H15ClF2N4O2S. The lowest BCUT2D eigenvalue weighted by Crippen LogP contribution is -2.16. The highest BCUT2D eigenvalue weighted by atomic mass is 35.5. The summed E-state index contributed by atoms with van der Waals surface area (Å²) in [7, 11) is -4.16. The van der Waals surface area contributed by atoms with Gasteiger partial charge in [0, 0.05) is 28.9 Å². The summed E-state index contributed by atoms with van der Waals surface area (Å²) in [6.45, 7) is 2.12. The molecule has 0 spiro atoms. The fraction of sp³-hybridized carbons (Fsp3) is 0.0952. The van der Waals surface area contributed by atoms with Gasteiger partial charge in [0.1, 0.15) is 11.6 Å². The monoisotopic (exact) mass is 460 g/mol. The molecule has 2 heterocycles. The Morgan fingerprint density at radius 3 is 2.77 bits per heavy atom. The van der Waals surface area contributed by atoms with E-state index in [0.717, 1.165) is 17.7 Å². The van der Waals surface area contributed by atoms with Gasteiger partial charge in [-0.25, -0.2) is 27.6 Å². The van der Waals surface area contributed by atoms with Gasteiger partial charge in [-0.2, -0.15) is 0 Å². The second kappa shape index (κ2) is 8.15. The maximum atomic E-state index is 15.0. The molecule has 0 fully saturated rings. The molecule has 0 bridgehead atoms. The third-order valence-corrected chi connectivity index (χ3v) is 6.30. The predicted molar refractivity (Wildman–Crippen MR) is 114 cm³/mol. The molecule has 4 rings (SSSR count). The van der Waals surface area contributed by atoms with Crippen LogP contribution in [0.4, 0.5) is 20.3 Å². The first-order valence-electron chi connectivity index (χ1n) is 9.01. The second-order valence-corrected chi connectivity index (χ2v) is 8.85. The van der Waals surface area contributed by atoms with E-state index in [4.69, 9.17) is 11.6 Å². The van der Waals surface area contributed by atoms with E-state index in [0.29, 0.717) is 23.5 Å². The van der Waals surface area contributed by atoms with Gasteiger partial charge in [-0.1, -0.05) is 29.5 Å². The summed E-state index contributed by atoms with van der Waals surface area (Å²) in [5, 5.41) is 0.213. The average molecular weight is 461 g/mol. The lowest BCUT2D eigenvalue weighted by atomic mass is 10.1. The average Bonchev–Trinajstić information content (AvgIpc) is 3.19. The minimum Gasteiger partial charge on any atom is -0.305 e. The fourth-order valence-electron chi connectivity index (χ4n) is 2.99. The number of hydrazine groups is 1. The summed E-state index contributed by atoms with van der Waals surface area (Å²) in [5.41, 5.74) is 6.54. The Hall–Kier alpha value is -3.19. The van der Waals surface area contributed by atoms with Crippen LogP contribution in [0.5, 0.6) is 0 Å². The van der Waals surface area contributed by atoms with Crippen LogP contribution in [-0.2, 0) is 16.6 Å². The SMILES string of the molecule is Cc1ccc(Cl)cc1S(=O)(=O)Nc1ccc(F)c(C#Cc2cnc3c(c2)CNN3)c1F. The minimum atomic E-state index is -4.16. The topological polar surface area (TPSA) is 83.1 Å². The molecule has 1 aliphatic rings. The van der Waals surface area contributed by atoms with E-state index in [9.17, 15) is 17.2 Å². The highest BCUT2D eigenvalue weighted by Crippen LogP contribution is 2.26. The van der Waals surface area contributed by atoms with Crippen molar-refractivity contribution in [1.29, 1.82) is 0 Å². The van der Waals surface area contributed by atoms with Crippen molar-refractivity contribution < 1.29 is 17.2 Å². The number of fused-ring (bicyclic) bond motifs is 1. The van der Waals surface area contributed by atoms with Crippen LogP contribution in [0.2, 0.25) is 5.02 Å². The van der Waals surface area contributed by atoms with Gasteiger partial charge in [0.05, 0.1) is 16.1 Å². The molecule has 2 aromatic carbocycles. The molecule has 3 aromatic rings. The van der Waals surface area contributed by atoms with Crippen LogP contribution in [0.15, 0.2) is 47.5 Å². The van der Waals surface area contributed by atoms with E-state index in [1.165, 1.54) is 18.3 Å². The number of sulfonamides is 1. The van der Waals surface area contributed by atoms with Crippen LogP contribution in [0.3, 0.4) is 0 Å². The number of aromatic nitrogens is 1. The molecule has 158 valence electrons. The molecule has 0 unspecified atom stereocenters. The number of rotatable bonds is 3. The number of nitrogens with one attached hydrogen (secondary N) is 3. The van der Waals surface area contributed by atoms with E-state index >= 15 is 0 Å². The third kappa shape index (κ3) is 4.32. The zero-order chi connectivity index (χ0) is 22.2. The quantitative estimate of drug-likeness (QED) is 0.515. The number of aryl methyl sites for hydroxylation is 1. The molecule has 0 amide bonds. The van der Waals surface area contributed by atoms with E-state index in [1.54, 1.807) is 19.1 Å². The first kappa shape index (κ1) is 21.1. The number of pyridine rings is 1. The largest absolute Gasteiger partial charge is 0.305 e. The summed E-state index contributed by atoms with van der Waals surface area (Å²) in [5.74, 6) is 3.74. The zero-order valence-electron chi connectivity index (χ0n) is 16.1. The molecule has 0 saturated heterocycles. The van der Waals surface area contributed by atoms with Crippen LogP contribution < -0.4 is 15.6 Å². The van der Waals surface area contributed by atoms with Gasteiger partial charge in [0.25, 0.3) is 10.0 Å². The van der Waals surface area contributed by atoms with Crippen LogP contribution in [-0.4, -0.2) is 13.4 Å². The molecule has 1 aromatic heterocycles. The van der Waals surface area contributed by atoms with Gasteiger partial charge in [0.15, 0.2) is 5.82 Å². The van der Waals surface area contributed by atoms with Crippen LogP contribution in [0, 0.1) is 30.4 Å². The van der Waals surface area contributed by atoms with Crippen LogP contribution in [0.1, 0.15) is 22.3 Å². The van der Waals surface area contributed by atoms with E-state index in [1.807, 2.05) is 0 Å². The van der Waals surface area contributed by atoms with Crippen molar-refractivity contribution in [2.24, 2.45) is 0 Å². The molecule has 31 heavy (non-hydrogen) atoms. The standard InChI is InChI=1S/C21H15ClF2N4O2S/c1-12-2-4-15(22)9-19(12)31(29,30)28-18-7-6-17(23)16(20(18)24)5-3-13-8-14-11-26-27-21(14)25-10-13/h2,4,6-10,26,28H,11H2,1H3,(H,25,27).